The van der Waals surface area contributed by atoms with Crippen LogP contribution in [0.15, 0.2) is 24.3 Å². The third-order valence-electron chi connectivity index (χ3n) is 7.58. The van der Waals surface area contributed by atoms with Gasteiger partial charge in [0, 0.05) is 47.6 Å². The Morgan fingerprint density at radius 3 is 2.29 bits per heavy atom. The molecule has 6 N–H and O–H groups in total. The molecule has 0 saturated carbocycles. The summed E-state index contributed by atoms with van der Waals surface area (Å²) in [6.07, 6.45) is -2.76. The van der Waals surface area contributed by atoms with E-state index in [1.165, 1.54) is 12.1 Å². The molecule has 1 fully saturated rings. The van der Waals surface area contributed by atoms with E-state index >= 15 is 0 Å². The molecule has 1 saturated heterocycles. The Morgan fingerprint density at radius 1 is 1.11 bits per heavy atom. The van der Waals surface area contributed by atoms with Crippen molar-refractivity contribution >= 4 is 11.6 Å². The predicted molar refractivity (Wildman–Crippen MR) is 123 cm³/mol. The van der Waals surface area contributed by atoms with Crippen molar-refractivity contribution in [2.24, 2.45) is 5.73 Å². The fraction of sp³-hybridized carbons (Fsp3) is 0.462. The highest BCUT2D eigenvalue weighted by Gasteiger charge is 2.46. The molecule has 1 heterocycles. The number of nitrogens with two attached hydrogens (primary N) is 1. The van der Waals surface area contributed by atoms with Crippen molar-refractivity contribution in [2.45, 2.75) is 75.8 Å². The summed E-state index contributed by atoms with van der Waals surface area (Å²) in [5.74, 6) is -2.03. The zero-order valence-electron chi connectivity index (χ0n) is 19.5. The van der Waals surface area contributed by atoms with Crippen LogP contribution in [0.1, 0.15) is 82.2 Å². The predicted octanol–water partition coefficient (Wildman–Crippen LogP) is 1.84. The molecule has 186 valence electrons. The fourth-order valence-electron chi connectivity index (χ4n) is 5.50. The van der Waals surface area contributed by atoms with Crippen molar-refractivity contribution in [3.8, 4) is 11.5 Å². The van der Waals surface area contributed by atoms with Gasteiger partial charge in [0.25, 0.3) is 0 Å². The van der Waals surface area contributed by atoms with Gasteiger partial charge < -0.3 is 35.6 Å². The molecule has 5 rings (SSSR count). The first-order chi connectivity index (χ1) is 16.6. The number of aliphatic hydroxyl groups excluding tert-OH is 1. The lowest BCUT2D eigenvalue weighted by molar-refractivity contribution is -0.247. The summed E-state index contributed by atoms with van der Waals surface area (Å²) >= 11 is 0. The van der Waals surface area contributed by atoms with Crippen LogP contribution in [0.25, 0.3) is 0 Å². The summed E-state index contributed by atoms with van der Waals surface area (Å²) in [4.78, 5) is 26.6. The second kappa shape index (κ2) is 8.39. The van der Waals surface area contributed by atoms with Crippen LogP contribution in [0.4, 0.5) is 0 Å². The number of hydrogen-bond acceptors (Lipinski definition) is 9. The number of phenols is 2. The van der Waals surface area contributed by atoms with Crippen LogP contribution < -0.4 is 5.73 Å². The average molecular weight is 484 g/mol. The Balaban J connectivity index is 1.64. The zero-order valence-corrected chi connectivity index (χ0v) is 19.5. The number of aliphatic hydroxyl groups is 2. The van der Waals surface area contributed by atoms with E-state index in [9.17, 15) is 30.0 Å². The van der Waals surface area contributed by atoms with Crippen molar-refractivity contribution < 1.29 is 39.5 Å². The molecule has 2 aliphatic carbocycles. The monoisotopic (exact) mass is 483 g/mol. The van der Waals surface area contributed by atoms with Crippen LogP contribution in [0, 0.1) is 0 Å². The molecule has 0 radical (unpaired) electrons. The van der Waals surface area contributed by atoms with Crippen LogP contribution in [0.3, 0.4) is 0 Å². The topological polar surface area (TPSA) is 160 Å². The number of carbonyl (C=O) groups excluding carboxylic acids is 2. The van der Waals surface area contributed by atoms with E-state index in [2.05, 4.69) is 0 Å². The molecule has 35 heavy (non-hydrogen) atoms. The first kappa shape index (κ1) is 23.9. The number of carbonyl (C=O) groups is 2. The van der Waals surface area contributed by atoms with E-state index in [4.69, 9.17) is 15.2 Å². The van der Waals surface area contributed by atoms with Gasteiger partial charge in [0.15, 0.2) is 17.9 Å². The summed E-state index contributed by atoms with van der Waals surface area (Å²) < 4.78 is 11.9. The van der Waals surface area contributed by atoms with Gasteiger partial charge in [0.1, 0.15) is 11.5 Å². The van der Waals surface area contributed by atoms with Gasteiger partial charge in [-0.1, -0.05) is 31.2 Å². The van der Waals surface area contributed by atoms with Crippen molar-refractivity contribution in [2.75, 3.05) is 0 Å². The second-order valence-corrected chi connectivity index (χ2v) is 9.79. The number of ketones is 2. The Kier molecular flexibility index (Phi) is 5.73. The molecule has 2 aromatic rings. The maximum absolute atomic E-state index is 13.3. The highest BCUT2D eigenvalue weighted by Crippen LogP contribution is 2.52. The quantitative estimate of drug-likeness (QED) is 0.350. The Bertz CT molecular complexity index is 1210. The lowest BCUT2D eigenvalue weighted by atomic mass is 9.72. The molecule has 0 spiro atoms. The van der Waals surface area contributed by atoms with Gasteiger partial charge in [-0.25, -0.2) is 0 Å². The molecule has 3 aliphatic rings. The Morgan fingerprint density at radius 2 is 1.71 bits per heavy atom. The molecule has 2 aromatic carbocycles. The summed E-state index contributed by atoms with van der Waals surface area (Å²) in [5, 5.41) is 44.0. The minimum atomic E-state index is -1.29. The molecule has 0 bridgehead atoms. The van der Waals surface area contributed by atoms with Crippen LogP contribution in [-0.2, 0) is 15.9 Å². The molecule has 1 aliphatic heterocycles. The molecule has 9 nitrogen and oxygen atoms in total. The van der Waals surface area contributed by atoms with E-state index in [0.29, 0.717) is 6.42 Å². The van der Waals surface area contributed by atoms with E-state index in [1.807, 2.05) is 0 Å². The van der Waals surface area contributed by atoms with E-state index in [1.54, 1.807) is 26.0 Å². The maximum Gasteiger partial charge on any atom is 0.198 e. The molecule has 9 heteroatoms. The van der Waals surface area contributed by atoms with Crippen molar-refractivity contribution in [3.63, 3.8) is 0 Å². The molecular weight excluding hydrogens is 454 g/mol. The van der Waals surface area contributed by atoms with Gasteiger partial charge in [0.2, 0.25) is 0 Å². The standard InChI is InChI=1S/C26H29NO8/c1-3-26(33)9-14-18(16(10-26)35-17-8-15(27)21(28)11(2)34-17)25(32)20-19(24(14)31)22(29)12-6-4-5-7-13(12)23(20)30/h4-7,11,15-17,21,28,31-33H,3,8-10,27H2,1-2H3/t11-,15-,16?,17-,21+,26?/m0/s1. The van der Waals surface area contributed by atoms with Crippen LogP contribution in [-0.4, -0.2) is 62.1 Å². The average Bonchev–Trinajstić information content (AvgIpc) is 2.83. The Labute approximate surface area is 202 Å². The number of fused-ring (bicyclic) bond motifs is 3. The van der Waals surface area contributed by atoms with E-state index < -0.39 is 59.3 Å². The van der Waals surface area contributed by atoms with Gasteiger partial charge in [-0.2, -0.15) is 0 Å². The largest absolute Gasteiger partial charge is 0.507 e. The summed E-state index contributed by atoms with van der Waals surface area (Å²) in [6, 6.07) is 5.65. The molecular formula is C26H29NO8. The zero-order chi connectivity index (χ0) is 25.2. The first-order valence-electron chi connectivity index (χ1n) is 11.8. The van der Waals surface area contributed by atoms with E-state index in [0.717, 1.165) is 0 Å². The minimum absolute atomic E-state index is 0.0331. The third-order valence-corrected chi connectivity index (χ3v) is 7.58. The third kappa shape index (κ3) is 3.66. The van der Waals surface area contributed by atoms with Crippen molar-refractivity contribution in [3.05, 3.63) is 57.6 Å². The molecule has 6 atom stereocenters. The second-order valence-electron chi connectivity index (χ2n) is 9.79. The number of ether oxygens (including phenoxy) is 2. The van der Waals surface area contributed by atoms with Gasteiger partial charge >= 0.3 is 0 Å². The molecule has 0 amide bonds. The van der Waals surface area contributed by atoms with Gasteiger partial charge in [0.05, 0.1) is 35.0 Å². The fourth-order valence-corrected chi connectivity index (χ4v) is 5.50. The highest BCUT2D eigenvalue weighted by molar-refractivity contribution is 6.30. The summed E-state index contributed by atoms with van der Waals surface area (Å²) in [5.41, 5.74) is 4.79. The van der Waals surface area contributed by atoms with Crippen LogP contribution in [0.2, 0.25) is 0 Å². The SMILES string of the molecule is CCC1(O)Cc2c(O)c3c(c(O)c2C(O[C@H]2C[C@H](N)[C@H](O)[C@H](C)O2)C1)C(=O)c1ccccc1C3=O. The lowest BCUT2D eigenvalue weighted by Gasteiger charge is -2.42. The molecule has 0 aromatic heterocycles. The van der Waals surface area contributed by atoms with Gasteiger partial charge in [-0.05, 0) is 13.3 Å². The first-order valence-corrected chi connectivity index (χ1v) is 11.8. The maximum atomic E-state index is 13.3. The highest BCUT2D eigenvalue weighted by atomic mass is 16.7. The summed E-state index contributed by atoms with van der Waals surface area (Å²) in [6.45, 7) is 3.45. The number of phenolic OH excluding ortho intramolecular Hbond substituents is 2. The van der Waals surface area contributed by atoms with Gasteiger partial charge in [-0.15, -0.1) is 0 Å². The van der Waals surface area contributed by atoms with Crippen molar-refractivity contribution in [1.29, 1.82) is 0 Å². The number of hydrogen-bond donors (Lipinski definition) is 5. The van der Waals surface area contributed by atoms with Crippen LogP contribution >= 0.6 is 0 Å². The molecule has 2 unspecified atom stereocenters. The van der Waals surface area contributed by atoms with Crippen LogP contribution in [0.5, 0.6) is 11.5 Å². The number of aromatic hydroxyl groups is 2. The Hall–Kier alpha value is -2.82. The summed E-state index contributed by atoms with van der Waals surface area (Å²) in [7, 11) is 0. The number of rotatable bonds is 3. The smallest absolute Gasteiger partial charge is 0.198 e. The lowest BCUT2D eigenvalue weighted by Crippen LogP contribution is -2.52. The van der Waals surface area contributed by atoms with E-state index in [-0.39, 0.29) is 52.6 Å². The number of benzene rings is 2. The van der Waals surface area contributed by atoms with Gasteiger partial charge in [-0.3, -0.25) is 9.59 Å². The minimum Gasteiger partial charge on any atom is -0.507 e. The normalized spacial score (nSPS) is 32.1. The van der Waals surface area contributed by atoms with Crippen molar-refractivity contribution in [1.82, 2.24) is 0 Å².